The Hall–Kier alpha value is -1.42. The quantitative estimate of drug-likeness (QED) is 0.930. The molecule has 0 saturated carbocycles. The number of likely N-dealkylation sites (tertiary alicyclic amines) is 1. The number of piperidine rings is 1. The molecular formula is C18H27FN2O. The van der Waals surface area contributed by atoms with Crippen LogP contribution in [0.4, 0.5) is 4.39 Å². The molecule has 2 atom stereocenters. The van der Waals surface area contributed by atoms with Crippen LogP contribution in [-0.2, 0) is 4.79 Å². The van der Waals surface area contributed by atoms with Crippen LogP contribution < -0.4 is 5.32 Å². The molecule has 3 nitrogen and oxygen atoms in total. The number of likely N-dealkylation sites (N-methyl/N-ethyl adjacent to an activating group) is 1. The van der Waals surface area contributed by atoms with E-state index in [1.165, 1.54) is 12.1 Å². The Morgan fingerprint density at radius 2 is 1.91 bits per heavy atom. The third-order valence-corrected chi connectivity index (χ3v) is 4.33. The van der Waals surface area contributed by atoms with Gasteiger partial charge in [0.25, 0.3) is 0 Å². The number of amides is 1. The van der Waals surface area contributed by atoms with Gasteiger partial charge >= 0.3 is 0 Å². The second-order valence-corrected chi connectivity index (χ2v) is 7.26. The van der Waals surface area contributed by atoms with Gasteiger partial charge in [0.1, 0.15) is 5.82 Å². The fourth-order valence-electron chi connectivity index (χ4n) is 2.93. The van der Waals surface area contributed by atoms with Crippen LogP contribution in [0.2, 0.25) is 0 Å². The molecule has 122 valence electrons. The summed E-state index contributed by atoms with van der Waals surface area (Å²) in [6.45, 7) is 10.7. The van der Waals surface area contributed by atoms with Gasteiger partial charge in [-0.1, -0.05) is 39.8 Å². The maximum absolute atomic E-state index is 13.1. The van der Waals surface area contributed by atoms with Gasteiger partial charge in [0.2, 0.25) is 5.91 Å². The minimum atomic E-state index is -0.375. The molecule has 0 aliphatic carbocycles. The Labute approximate surface area is 132 Å². The summed E-state index contributed by atoms with van der Waals surface area (Å²) in [5.41, 5.74) is 0.773. The average Bonchev–Trinajstić information content (AvgIpc) is 2.46. The molecule has 1 aliphatic heterocycles. The minimum absolute atomic E-state index is 0.0910. The van der Waals surface area contributed by atoms with Gasteiger partial charge < -0.3 is 10.2 Å². The molecule has 1 aromatic carbocycles. The topological polar surface area (TPSA) is 32.3 Å². The lowest BCUT2D eigenvalue weighted by atomic mass is 9.87. The molecule has 1 aliphatic rings. The summed E-state index contributed by atoms with van der Waals surface area (Å²) in [7, 11) is 0. The number of nitrogens with zero attached hydrogens (tertiary/aromatic N) is 1. The van der Waals surface area contributed by atoms with Gasteiger partial charge in [0.05, 0.1) is 0 Å². The maximum atomic E-state index is 13.1. The fraction of sp³-hybridized carbons (Fsp3) is 0.611. The first kappa shape index (κ1) is 16.9. The lowest BCUT2D eigenvalue weighted by molar-refractivity contribution is -0.129. The lowest BCUT2D eigenvalue weighted by Crippen LogP contribution is -2.52. The van der Waals surface area contributed by atoms with Gasteiger partial charge in [-0.3, -0.25) is 4.79 Å². The molecule has 1 saturated heterocycles. The number of halogens is 1. The third kappa shape index (κ3) is 4.29. The molecular weight excluding hydrogens is 279 g/mol. The molecule has 1 fully saturated rings. The van der Waals surface area contributed by atoms with E-state index in [0.717, 1.165) is 31.6 Å². The summed E-state index contributed by atoms with van der Waals surface area (Å²) in [4.78, 5) is 14.6. The van der Waals surface area contributed by atoms with Crippen molar-refractivity contribution >= 4 is 5.91 Å². The highest BCUT2D eigenvalue weighted by Crippen LogP contribution is 2.28. The van der Waals surface area contributed by atoms with Crippen LogP contribution in [-0.4, -0.2) is 36.5 Å². The van der Waals surface area contributed by atoms with E-state index in [-0.39, 0.29) is 23.2 Å². The summed E-state index contributed by atoms with van der Waals surface area (Å²) in [5, 5.41) is 3.18. The first-order valence-electron chi connectivity index (χ1n) is 8.08. The smallest absolute Gasteiger partial charge is 0.225 e. The van der Waals surface area contributed by atoms with Crippen LogP contribution in [0.15, 0.2) is 24.3 Å². The largest absolute Gasteiger partial charge is 0.352 e. The third-order valence-electron chi connectivity index (χ3n) is 4.33. The Morgan fingerprint density at radius 1 is 1.27 bits per heavy atom. The van der Waals surface area contributed by atoms with E-state index in [9.17, 15) is 9.18 Å². The molecule has 1 heterocycles. The maximum Gasteiger partial charge on any atom is 0.225 e. The van der Waals surface area contributed by atoms with Crippen molar-refractivity contribution in [3.8, 4) is 0 Å². The lowest BCUT2D eigenvalue weighted by Gasteiger charge is -2.38. The zero-order valence-corrected chi connectivity index (χ0v) is 14.0. The number of carbonyl (C=O) groups is 1. The fourth-order valence-corrected chi connectivity index (χ4v) is 2.93. The van der Waals surface area contributed by atoms with Crippen molar-refractivity contribution in [1.82, 2.24) is 10.2 Å². The molecule has 0 aromatic heterocycles. The number of benzene rings is 1. The minimum Gasteiger partial charge on any atom is -0.352 e. The zero-order chi connectivity index (χ0) is 16.3. The number of rotatable bonds is 3. The van der Waals surface area contributed by atoms with Crippen LogP contribution in [0, 0.1) is 11.2 Å². The van der Waals surface area contributed by atoms with E-state index in [0.29, 0.717) is 5.92 Å². The normalized spacial score (nSPS) is 23.3. The van der Waals surface area contributed by atoms with Crippen LogP contribution in [0.3, 0.4) is 0 Å². The highest BCUT2D eigenvalue weighted by molar-refractivity contribution is 5.81. The van der Waals surface area contributed by atoms with Crippen LogP contribution in [0.1, 0.15) is 45.6 Å². The second kappa shape index (κ2) is 6.78. The predicted molar refractivity (Wildman–Crippen MR) is 87.3 cm³/mol. The van der Waals surface area contributed by atoms with E-state index in [1.54, 1.807) is 0 Å². The van der Waals surface area contributed by atoms with Crippen LogP contribution in [0.5, 0.6) is 0 Å². The number of hydrogen-bond donors (Lipinski definition) is 1. The molecule has 1 N–H and O–H groups in total. The van der Waals surface area contributed by atoms with E-state index >= 15 is 0 Å². The molecule has 2 rings (SSSR count). The standard InChI is InChI=1S/C18H27FN2O/c1-5-21-11-14(13-6-8-15(19)9-7-13)10-16(12-21)20-17(22)18(2,3)4/h6-9,14,16H,5,10-12H2,1-4H3,(H,20,22). The van der Waals surface area contributed by atoms with E-state index in [4.69, 9.17) is 0 Å². The molecule has 4 heteroatoms. The highest BCUT2D eigenvalue weighted by Gasteiger charge is 2.31. The summed E-state index contributed by atoms with van der Waals surface area (Å²) in [6.07, 6.45) is 0.907. The second-order valence-electron chi connectivity index (χ2n) is 7.26. The van der Waals surface area contributed by atoms with Crippen molar-refractivity contribution in [3.63, 3.8) is 0 Å². The van der Waals surface area contributed by atoms with Crippen molar-refractivity contribution in [2.24, 2.45) is 5.41 Å². The first-order chi connectivity index (χ1) is 10.3. The molecule has 1 aromatic rings. The zero-order valence-electron chi connectivity index (χ0n) is 14.0. The number of hydrogen-bond acceptors (Lipinski definition) is 2. The summed E-state index contributed by atoms with van der Waals surface area (Å²) in [6, 6.07) is 6.91. The van der Waals surface area contributed by atoms with Gasteiger partial charge in [-0.05, 0) is 36.6 Å². The van der Waals surface area contributed by atoms with E-state index < -0.39 is 0 Å². The van der Waals surface area contributed by atoms with Gasteiger partial charge in [0.15, 0.2) is 0 Å². The van der Waals surface area contributed by atoms with Crippen molar-refractivity contribution in [3.05, 3.63) is 35.6 Å². The van der Waals surface area contributed by atoms with Gasteiger partial charge in [-0.25, -0.2) is 4.39 Å². The SMILES string of the molecule is CCN1CC(NC(=O)C(C)(C)C)CC(c2ccc(F)cc2)C1. The molecule has 1 amide bonds. The number of carbonyl (C=O) groups excluding carboxylic acids is 1. The summed E-state index contributed by atoms with van der Waals surface area (Å²) >= 11 is 0. The Bertz CT molecular complexity index is 507. The first-order valence-corrected chi connectivity index (χ1v) is 8.08. The van der Waals surface area contributed by atoms with Gasteiger partial charge in [-0.2, -0.15) is 0 Å². The van der Waals surface area contributed by atoms with Crippen molar-refractivity contribution in [2.75, 3.05) is 19.6 Å². The van der Waals surface area contributed by atoms with Gasteiger partial charge in [-0.15, -0.1) is 0 Å². The molecule has 22 heavy (non-hydrogen) atoms. The summed E-state index contributed by atoms with van der Waals surface area (Å²) < 4.78 is 13.1. The molecule has 0 radical (unpaired) electrons. The number of nitrogens with one attached hydrogen (secondary N) is 1. The Kier molecular flexibility index (Phi) is 5.22. The summed E-state index contributed by atoms with van der Waals surface area (Å²) in [5.74, 6) is 0.220. The molecule has 0 spiro atoms. The van der Waals surface area contributed by atoms with Crippen molar-refractivity contribution < 1.29 is 9.18 Å². The highest BCUT2D eigenvalue weighted by atomic mass is 19.1. The molecule has 0 bridgehead atoms. The molecule has 2 unspecified atom stereocenters. The van der Waals surface area contributed by atoms with E-state index in [1.807, 2.05) is 32.9 Å². The van der Waals surface area contributed by atoms with Crippen LogP contribution in [0.25, 0.3) is 0 Å². The Balaban J connectivity index is 2.09. The van der Waals surface area contributed by atoms with Crippen molar-refractivity contribution in [2.45, 2.75) is 46.1 Å². The Morgan fingerprint density at radius 3 is 2.45 bits per heavy atom. The predicted octanol–water partition coefficient (Wildman–Crippen LogP) is 3.17. The van der Waals surface area contributed by atoms with Crippen molar-refractivity contribution in [1.29, 1.82) is 0 Å². The average molecular weight is 306 g/mol. The van der Waals surface area contributed by atoms with Crippen LogP contribution >= 0.6 is 0 Å². The van der Waals surface area contributed by atoms with E-state index in [2.05, 4.69) is 17.1 Å². The monoisotopic (exact) mass is 306 g/mol. The van der Waals surface area contributed by atoms with Gasteiger partial charge in [0, 0.05) is 24.5 Å².